The average molecular weight is 357 g/mol. The van der Waals surface area contributed by atoms with Gasteiger partial charge >= 0.3 is 0 Å². The SMILES string of the molecule is COc1ccc(NC(=O)[C@@H](C)S(C)(=O)=O)cc1OC[C@H]1CCCO1. The van der Waals surface area contributed by atoms with Crippen LogP contribution in [0.1, 0.15) is 19.8 Å². The third-order valence-corrected chi connectivity index (χ3v) is 5.39. The number of methoxy groups -OCH3 is 1. The van der Waals surface area contributed by atoms with Crippen molar-refractivity contribution in [3.63, 3.8) is 0 Å². The molecule has 0 aromatic heterocycles. The number of amides is 1. The molecule has 1 aromatic rings. The number of benzene rings is 1. The number of hydrogen-bond acceptors (Lipinski definition) is 6. The van der Waals surface area contributed by atoms with Crippen molar-refractivity contribution in [3.05, 3.63) is 18.2 Å². The van der Waals surface area contributed by atoms with Gasteiger partial charge in [-0.1, -0.05) is 0 Å². The summed E-state index contributed by atoms with van der Waals surface area (Å²) in [5, 5.41) is 1.45. The molecule has 1 amide bonds. The molecule has 1 N–H and O–H groups in total. The zero-order valence-corrected chi connectivity index (χ0v) is 14.9. The zero-order valence-electron chi connectivity index (χ0n) is 14.1. The molecule has 7 nitrogen and oxygen atoms in total. The molecule has 0 radical (unpaired) electrons. The van der Waals surface area contributed by atoms with Gasteiger partial charge in [-0.3, -0.25) is 4.79 Å². The fourth-order valence-corrected chi connectivity index (χ4v) is 2.71. The summed E-state index contributed by atoms with van der Waals surface area (Å²) in [5.74, 6) is 0.410. The topological polar surface area (TPSA) is 90.9 Å². The van der Waals surface area contributed by atoms with Crippen molar-refractivity contribution in [1.82, 2.24) is 0 Å². The van der Waals surface area contributed by atoms with Crippen LogP contribution < -0.4 is 14.8 Å². The maximum Gasteiger partial charge on any atom is 0.242 e. The van der Waals surface area contributed by atoms with Crippen LogP contribution in [0, 0.1) is 0 Å². The average Bonchev–Trinajstić information content (AvgIpc) is 3.04. The Morgan fingerprint density at radius 1 is 1.42 bits per heavy atom. The molecule has 24 heavy (non-hydrogen) atoms. The van der Waals surface area contributed by atoms with Gasteiger partial charge < -0.3 is 19.5 Å². The van der Waals surface area contributed by atoms with Crippen LogP contribution in [0.4, 0.5) is 5.69 Å². The lowest BCUT2D eigenvalue weighted by Gasteiger charge is -2.16. The molecule has 1 heterocycles. The third kappa shape index (κ3) is 4.85. The van der Waals surface area contributed by atoms with Crippen LogP contribution in [0.5, 0.6) is 11.5 Å². The number of sulfone groups is 1. The van der Waals surface area contributed by atoms with Gasteiger partial charge in [0.1, 0.15) is 11.9 Å². The van der Waals surface area contributed by atoms with Crippen LogP contribution in [0.2, 0.25) is 0 Å². The first-order valence-corrected chi connectivity index (χ1v) is 9.69. The fraction of sp³-hybridized carbons (Fsp3) is 0.562. The number of rotatable bonds is 7. The Morgan fingerprint density at radius 3 is 2.75 bits per heavy atom. The van der Waals surface area contributed by atoms with Gasteiger partial charge in [0.2, 0.25) is 5.91 Å². The lowest BCUT2D eigenvalue weighted by atomic mass is 10.2. The van der Waals surface area contributed by atoms with Gasteiger partial charge in [0.25, 0.3) is 0 Å². The Hall–Kier alpha value is -1.80. The van der Waals surface area contributed by atoms with Crippen LogP contribution in [-0.4, -0.2) is 52.3 Å². The Labute approximate surface area is 142 Å². The molecule has 0 bridgehead atoms. The molecule has 1 saturated heterocycles. The van der Waals surface area contributed by atoms with Gasteiger partial charge in [-0.15, -0.1) is 0 Å². The zero-order chi connectivity index (χ0) is 17.7. The summed E-state index contributed by atoms with van der Waals surface area (Å²) >= 11 is 0. The molecule has 1 aromatic carbocycles. The summed E-state index contributed by atoms with van der Waals surface area (Å²) in [6.07, 6.45) is 3.05. The summed E-state index contributed by atoms with van der Waals surface area (Å²) in [6.45, 7) is 2.49. The van der Waals surface area contributed by atoms with Crippen LogP contribution in [0.15, 0.2) is 18.2 Å². The quantitative estimate of drug-likeness (QED) is 0.797. The van der Waals surface area contributed by atoms with Gasteiger partial charge in [0, 0.05) is 24.6 Å². The van der Waals surface area contributed by atoms with Crippen LogP contribution in [0.3, 0.4) is 0 Å². The minimum atomic E-state index is -3.45. The van der Waals surface area contributed by atoms with Crippen molar-refractivity contribution in [2.45, 2.75) is 31.1 Å². The second-order valence-electron chi connectivity index (χ2n) is 5.77. The van der Waals surface area contributed by atoms with E-state index < -0.39 is 21.0 Å². The van der Waals surface area contributed by atoms with E-state index in [0.29, 0.717) is 23.8 Å². The first-order chi connectivity index (χ1) is 11.3. The molecule has 1 fully saturated rings. The summed E-state index contributed by atoms with van der Waals surface area (Å²) in [4.78, 5) is 12.0. The third-order valence-electron chi connectivity index (χ3n) is 3.89. The van der Waals surface area contributed by atoms with Gasteiger partial charge in [-0.25, -0.2) is 8.42 Å². The molecule has 0 aliphatic carbocycles. The van der Waals surface area contributed by atoms with Crippen molar-refractivity contribution < 1.29 is 27.4 Å². The lowest BCUT2D eigenvalue weighted by Crippen LogP contribution is -2.31. The maximum atomic E-state index is 12.0. The number of carbonyl (C=O) groups excluding carboxylic acids is 1. The van der Waals surface area contributed by atoms with E-state index in [9.17, 15) is 13.2 Å². The predicted molar refractivity (Wildman–Crippen MR) is 90.4 cm³/mol. The molecule has 0 unspecified atom stereocenters. The molecule has 0 saturated carbocycles. The van der Waals surface area contributed by atoms with E-state index in [1.807, 2.05) is 0 Å². The minimum Gasteiger partial charge on any atom is -0.493 e. The van der Waals surface area contributed by atoms with E-state index in [-0.39, 0.29) is 6.10 Å². The Bertz CT molecular complexity index is 682. The smallest absolute Gasteiger partial charge is 0.242 e. The molecule has 8 heteroatoms. The Kier molecular flexibility index (Phi) is 6.06. The van der Waals surface area contributed by atoms with E-state index in [4.69, 9.17) is 14.2 Å². The molecular weight excluding hydrogens is 334 g/mol. The second-order valence-corrected chi connectivity index (χ2v) is 8.14. The molecule has 0 spiro atoms. The van der Waals surface area contributed by atoms with Crippen molar-refractivity contribution in [2.24, 2.45) is 0 Å². The molecule has 2 atom stereocenters. The first-order valence-electron chi connectivity index (χ1n) is 7.73. The summed E-state index contributed by atoms with van der Waals surface area (Å²) in [5.41, 5.74) is 0.443. The number of carbonyl (C=O) groups is 1. The molecule has 134 valence electrons. The highest BCUT2D eigenvalue weighted by Gasteiger charge is 2.24. The molecule has 1 aliphatic rings. The van der Waals surface area contributed by atoms with Crippen LogP contribution in [0.25, 0.3) is 0 Å². The maximum absolute atomic E-state index is 12.0. The summed E-state index contributed by atoms with van der Waals surface area (Å²) in [6, 6.07) is 4.90. The van der Waals surface area contributed by atoms with Gasteiger partial charge in [0.15, 0.2) is 21.3 Å². The van der Waals surface area contributed by atoms with E-state index in [0.717, 1.165) is 25.7 Å². The second kappa shape index (κ2) is 7.85. The Balaban J connectivity index is 2.08. The van der Waals surface area contributed by atoms with Gasteiger partial charge in [-0.05, 0) is 31.9 Å². The standard InChI is InChI=1S/C16H23NO6S/c1-11(24(3,19)20)16(18)17-12-6-7-14(21-2)15(9-12)23-10-13-5-4-8-22-13/h6-7,9,11,13H,4-5,8,10H2,1-3H3,(H,17,18)/t11-,13-/m1/s1. The minimum absolute atomic E-state index is 0.0539. The normalized spacial score (nSPS) is 18.9. The summed E-state index contributed by atoms with van der Waals surface area (Å²) in [7, 11) is -1.92. The highest BCUT2D eigenvalue weighted by molar-refractivity contribution is 7.92. The number of nitrogens with one attached hydrogen (secondary N) is 1. The molecule has 2 rings (SSSR count). The van der Waals surface area contributed by atoms with E-state index in [2.05, 4.69) is 5.32 Å². The van der Waals surface area contributed by atoms with E-state index in [1.54, 1.807) is 18.2 Å². The van der Waals surface area contributed by atoms with Crippen molar-refractivity contribution in [1.29, 1.82) is 0 Å². The van der Waals surface area contributed by atoms with Gasteiger partial charge in [0.05, 0.1) is 13.2 Å². The highest BCUT2D eigenvalue weighted by Crippen LogP contribution is 2.31. The van der Waals surface area contributed by atoms with Crippen molar-refractivity contribution in [2.75, 3.05) is 31.9 Å². The first kappa shape index (κ1) is 18.5. The van der Waals surface area contributed by atoms with Crippen molar-refractivity contribution in [3.8, 4) is 11.5 Å². The summed E-state index contributed by atoms with van der Waals surface area (Å²) < 4.78 is 39.4. The predicted octanol–water partition coefficient (Wildman–Crippen LogP) is 1.62. The van der Waals surface area contributed by atoms with E-state index >= 15 is 0 Å². The Morgan fingerprint density at radius 2 is 2.17 bits per heavy atom. The fourth-order valence-electron chi connectivity index (χ4n) is 2.26. The number of anilines is 1. The monoisotopic (exact) mass is 357 g/mol. The molecular formula is C16H23NO6S. The van der Waals surface area contributed by atoms with Crippen LogP contribution >= 0.6 is 0 Å². The highest BCUT2D eigenvalue weighted by atomic mass is 32.2. The van der Waals surface area contributed by atoms with Gasteiger partial charge in [-0.2, -0.15) is 0 Å². The van der Waals surface area contributed by atoms with Crippen LogP contribution in [-0.2, 0) is 19.4 Å². The number of ether oxygens (including phenoxy) is 3. The van der Waals surface area contributed by atoms with E-state index in [1.165, 1.54) is 14.0 Å². The molecule has 1 aliphatic heterocycles. The lowest BCUT2D eigenvalue weighted by molar-refractivity contribution is -0.115. The number of hydrogen-bond donors (Lipinski definition) is 1. The largest absolute Gasteiger partial charge is 0.493 e. The van der Waals surface area contributed by atoms with Crippen molar-refractivity contribution >= 4 is 21.4 Å².